The van der Waals surface area contributed by atoms with Gasteiger partial charge in [-0.05, 0) is 35.0 Å². The molecule has 0 fully saturated rings. The van der Waals surface area contributed by atoms with E-state index in [9.17, 15) is 0 Å². The Bertz CT molecular complexity index is 766. The number of hydrogen-bond acceptors (Lipinski definition) is 3. The summed E-state index contributed by atoms with van der Waals surface area (Å²) < 4.78 is 0. The molecular formula is C16H13N3S. The molecule has 0 atom stereocenters. The summed E-state index contributed by atoms with van der Waals surface area (Å²) in [5.41, 5.74) is 6.06. The first-order valence-corrected chi connectivity index (χ1v) is 7.01. The average Bonchev–Trinajstić information content (AvgIpc) is 2.48. The SMILES string of the molecule is N=C(N)c1ccc(Sc2ccc3ccccc3c2)nc1. The van der Waals surface area contributed by atoms with Crippen molar-refractivity contribution in [3.63, 3.8) is 0 Å². The second-order valence-electron chi connectivity index (χ2n) is 4.41. The van der Waals surface area contributed by atoms with E-state index in [1.54, 1.807) is 18.0 Å². The molecule has 0 aliphatic carbocycles. The normalized spacial score (nSPS) is 10.6. The highest BCUT2D eigenvalue weighted by molar-refractivity contribution is 7.99. The third-order valence-electron chi connectivity index (χ3n) is 2.99. The van der Waals surface area contributed by atoms with Gasteiger partial charge in [-0.15, -0.1) is 0 Å². The zero-order chi connectivity index (χ0) is 13.9. The topological polar surface area (TPSA) is 62.8 Å². The van der Waals surface area contributed by atoms with E-state index in [1.165, 1.54) is 10.8 Å². The van der Waals surface area contributed by atoms with Crippen LogP contribution < -0.4 is 5.73 Å². The Morgan fingerprint density at radius 3 is 2.50 bits per heavy atom. The zero-order valence-corrected chi connectivity index (χ0v) is 11.5. The van der Waals surface area contributed by atoms with Crippen LogP contribution in [0.3, 0.4) is 0 Å². The molecule has 1 heterocycles. The fraction of sp³-hybridized carbons (Fsp3) is 0. The van der Waals surface area contributed by atoms with Crippen LogP contribution in [-0.2, 0) is 0 Å². The van der Waals surface area contributed by atoms with Crippen LogP contribution in [0.25, 0.3) is 10.8 Å². The molecule has 0 amide bonds. The summed E-state index contributed by atoms with van der Waals surface area (Å²) in [5.74, 6) is 0.0414. The molecule has 3 aromatic rings. The summed E-state index contributed by atoms with van der Waals surface area (Å²) >= 11 is 1.60. The molecule has 0 aliphatic rings. The van der Waals surface area contributed by atoms with Gasteiger partial charge in [0, 0.05) is 16.7 Å². The number of pyridine rings is 1. The summed E-state index contributed by atoms with van der Waals surface area (Å²) in [7, 11) is 0. The number of nitrogens with two attached hydrogens (primary N) is 1. The minimum absolute atomic E-state index is 0.0414. The highest BCUT2D eigenvalue weighted by Gasteiger charge is 2.02. The number of hydrogen-bond donors (Lipinski definition) is 2. The van der Waals surface area contributed by atoms with Gasteiger partial charge in [-0.25, -0.2) is 4.98 Å². The lowest BCUT2D eigenvalue weighted by molar-refractivity contribution is 1.12. The highest BCUT2D eigenvalue weighted by atomic mass is 32.2. The molecule has 0 unspecified atom stereocenters. The smallest absolute Gasteiger partial charge is 0.124 e. The third kappa shape index (κ3) is 2.65. The fourth-order valence-electron chi connectivity index (χ4n) is 1.95. The maximum absolute atomic E-state index is 7.35. The van der Waals surface area contributed by atoms with Crippen molar-refractivity contribution in [1.82, 2.24) is 4.98 Å². The van der Waals surface area contributed by atoms with Crippen molar-refractivity contribution in [2.45, 2.75) is 9.92 Å². The lowest BCUT2D eigenvalue weighted by atomic mass is 10.1. The number of rotatable bonds is 3. The summed E-state index contributed by atoms with van der Waals surface area (Å²) in [6.07, 6.45) is 1.63. The Hall–Kier alpha value is -2.33. The molecule has 98 valence electrons. The second-order valence-corrected chi connectivity index (χ2v) is 5.50. The van der Waals surface area contributed by atoms with Crippen LogP contribution >= 0.6 is 11.8 Å². The molecular weight excluding hydrogens is 266 g/mol. The number of fused-ring (bicyclic) bond motifs is 1. The van der Waals surface area contributed by atoms with Gasteiger partial charge in [0.2, 0.25) is 0 Å². The van der Waals surface area contributed by atoms with Crippen LogP contribution in [0.15, 0.2) is 70.7 Å². The Morgan fingerprint density at radius 2 is 1.80 bits per heavy atom. The number of benzene rings is 2. The van der Waals surface area contributed by atoms with E-state index in [4.69, 9.17) is 11.1 Å². The molecule has 0 saturated carbocycles. The number of amidine groups is 1. The predicted molar refractivity (Wildman–Crippen MR) is 83.3 cm³/mol. The van der Waals surface area contributed by atoms with Crippen LogP contribution in [0.1, 0.15) is 5.56 Å². The highest BCUT2D eigenvalue weighted by Crippen LogP contribution is 2.28. The summed E-state index contributed by atoms with van der Waals surface area (Å²) in [6, 6.07) is 18.3. The molecule has 0 saturated heterocycles. The summed E-state index contributed by atoms with van der Waals surface area (Å²) in [4.78, 5) is 5.46. The fourth-order valence-corrected chi connectivity index (χ4v) is 2.76. The molecule has 3 rings (SSSR count). The Labute approximate surface area is 121 Å². The first kappa shape index (κ1) is 12.7. The first-order valence-electron chi connectivity index (χ1n) is 6.19. The van der Waals surface area contributed by atoms with Gasteiger partial charge >= 0.3 is 0 Å². The minimum atomic E-state index is 0.0414. The molecule has 2 aromatic carbocycles. The van der Waals surface area contributed by atoms with E-state index in [0.717, 1.165) is 9.92 Å². The Morgan fingerprint density at radius 1 is 1.00 bits per heavy atom. The molecule has 1 aromatic heterocycles. The number of nitrogens with zero attached hydrogens (tertiary/aromatic N) is 1. The quantitative estimate of drug-likeness (QED) is 0.568. The van der Waals surface area contributed by atoms with Crippen molar-refractivity contribution in [2.24, 2.45) is 5.73 Å². The van der Waals surface area contributed by atoms with Crippen molar-refractivity contribution in [1.29, 1.82) is 5.41 Å². The van der Waals surface area contributed by atoms with E-state index in [-0.39, 0.29) is 5.84 Å². The van der Waals surface area contributed by atoms with Gasteiger partial charge in [0.15, 0.2) is 0 Å². The molecule has 0 bridgehead atoms. The van der Waals surface area contributed by atoms with E-state index in [2.05, 4.69) is 35.3 Å². The van der Waals surface area contributed by atoms with E-state index < -0.39 is 0 Å². The number of nitrogens with one attached hydrogen (secondary N) is 1. The van der Waals surface area contributed by atoms with Gasteiger partial charge in [0.25, 0.3) is 0 Å². The summed E-state index contributed by atoms with van der Waals surface area (Å²) in [5, 5.41) is 10.7. The molecule has 4 heteroatoms. The monoisotopic (exact) mass is 279 g/mol. The number of aromatic nitrogens is 1. The summed E-state index contributed by atoms with van der Waals surface area (Å²) in [6.45, 7) is 0. The standard InChI is InChI=1S/C16H13N3S/c17-16(18)13-6-8-15(19-10-13)20-14-7-5-11-3-1-2-4-12(11)9-14/h1-10H,(H3,17,18). The van der Waals surface area contributed by atoms with Crippen LogP contribution in [-0.4, -0.2) is 10.8 Å². The maximum atomic E-state index is 7.35. The average molecular weight is 279 g/mol. The molecule has 0 spiro atoms. The predicted octanol–water partition coefficient (Wildman–Crippen LogP) is 3.67. The van der Waals surface area contributed by atoms with Crippen molar-refractivity contribution >= 4 is 28.4 Å². The van der Waals surface area contributed by atoms with Gasteiger partial charge in [0.05, 0.1) is 0 Å². The van der Waals surface area contributed by atoms with Crippen LogP contribution in [0.4, 0.5) is 0 Å². The Balaban J connectivity index is 1.87. The molecule has 0 radical (unpaired) electrons. The third-order valence-corrected chi connectivity index (χ3v) is 3.93. The second kappa shape index (κ2) is 5.35. The largest absolute Gasteiger partial charge is 0.384 e. The van der Waals surface area contributed by atoms with Crippen LogP contribution in [0.2, 0.25) is 0 Å². The van der Waals surface area contributed by atoms with Crippen molar-refractivity contribution < 1.29 is 0 Å². The first-order chi connectivity index (χ1) is 9.72. The molecule has 3 nitrogen and oxygen atoms in total. The van der Waals surface area contributed by atoms with Gasteiger partial charge in [-0.2, -0.15) is 0 Å². The number of nitrogen functional groups attached to an aromatic ring is 1. The minimum Gasteiger partial charge on any atom is -0.384 e. The van der Waals surface area contributed by atoms with Gasteiger partial charge in [-0.3, -0.25) is 5.41 Å². The van der Waals surface area contributed by atoms with E-state index in [0.29, 0.717) is 5.56 Å². The van der Waals surface area contributed by atoms with Gasteiger partial charge in [-0.1, -0.05) is 42.1 Å². The lowest BCUT2D eigenvalue weighted by Gasteiger charge is -2.04. The van der Waals surface area contributed by atoms with Gasteiger partial charge in [0.1, 0.15) is 10.9 Å². The Kier molecular flexibility index (Phi) is 3.39. The van der Waals surface area contributed by atoms with Crippen molar-refractivity contribution in [2.75, 3.05) is 0 Å². The van der Waals surface area contributed by atoms with E-state index in [1.807, 2.05) is 24.3 Å². The lowest BCUT2D eigenvalue weighted by Crippen LogP contribution is -2.10. The van der Waals surface area contributed by atoms with E-state index >= 15 is 0 Å². The van der Waals surface area contributed by atoms with Crippen molar-refractivity contribution in [3.8, 4) is 0 Å². The maximum Gasteiger partial charge on any atom is 0.124 e. The molecule has 3 N–H and O–H groups in total. The van der Waals surface area contributed by atoms with Crippen molar-refractivity contribution in [3.05, 3.63) is 66.4 Å². The van der Waals surface area contributed by atoms with Gasteiger partial charge < -0.3 is 5.73 Å². The van der Waals surface area contributed by atoms with Crippen LogP contribution in [0, 0.1) is 5.41 Å². The zero-order valence-electron chi connectivity index (χ0n) is 10.7. The van der Waals surface area contributed by atoms with Crippen LogP contribution in [0.5, 0.6) is 0 Å². The molecule has 20 heavy (non-hydrogen) atoms. The molecule has 0 aliphatic heterocycles.